The predicted molar refractivity (Wildman–Crippen MR) is 113 cm³/mol. The molecule has 156 valence electrons. The normalized spacial score (nSPS) is 10.8. The first kappa shape index (κ1) is 20.1. The largest absolute Gasteiger partial charge is 0.506 e. The van der Waals surface area contributed by atoms with Crippen molar-refractivity contribution in [2.24, 2.45) is 0 Å². The number of fused-ring (bicyclic) bond motifs is 1. The van der Waals surface area contributed by atoms with Gasteiger partial charge in [-0.3, -0.25) is 14.2 Å². The number of nitrogens with one attached hydrogen (secondary N) is 1. The molecule has 0 atom stereocenters. The van der Waals surface area contributed by atoms with E-state index in [1.807, 2.05) is 0 Å². The van der Waals surface area contributed by atoms with E-state index in [-0.39, 0.29) is 17.6 Å². The molecule has 2 aromatic heterocycles. The van der Waals surface area contributed by atoms with E-state index in [0.29, 0.717) is 11.4 Å². The van der Waals surface area contributed by atoms with Gasteiger partial charge in [0.05, 0.1) is 18.2 Å². The molecule has 0 aliphatic heterocycles. The highest BCUT2D eigenvalue weighted by Gasteiger charge is 2.23. The minimum absolute atomic E-state index is 0.142. The number of amides is 1. The first-order valence-electron chi connectivity index (χ1n) is 9.39. The Bertz CT molecular complexity index is 1320. The quantitative estimate of drug-likeness (QED) is 0.518. The zero-order valence-corrected chi connectivity index (χ0v) is 16.5. The highest BCUT2D eigenvalue weighted by atomic mass is 19.1. The van der Waals surface area contributed by atoms with Crippen LogP contribution in [-0.2, 0) is 6.54 Å². The van der Waals surface area contributed by atoms with Gasteiger partial charge in [-0.2, -0.15) is 0 Å². The van der Waals surface area contributed by atoms with Crippen molar-refractivity contribution < 1.29 is 19.0 Å². The lowest BCUT2D eigenvalue weighted by Gasteiger charge is -2.14. The van der Waals surface area contributed by atoms with Crippen molar-refractivity contribution in [2.75, 3.05) is 7.11 Å². The maximum Gasteiger partial charge on any atom is 0.273 e. The van der Waals surface area contributed by atoms with Crippen LogP contribution in [0, 0.1) is 5.82 Å². The Morgan fingerprint density at radius 2 is 1.84 bits per heavy atom. The van der Waals surface area contributed by atoms with E-state index >= 15 is 0 Å². The van der Waals surface area contributed by atoms with E-state index < -0.39 is 28.6 Å². The van der Waals surface area contributed by atoms with Gasteiger partial charge in [-0.25, -0.2) is 9.37 Å². The van der Waals surface area contributed by atoms with Crippen molar-refractivity contribution in [3.63, 3.8) is 0 Å². The number of carbonyl (C=O) groups is 1. The molecule has 0 fully saturated rings. The minimum atomic E-state index is -0.762. The number of methoxy groups -OCH3 is 1. The third-order valence-electron chi connectivity index (χ3n) is 4.83. The fraction of sp³-hybridized carbons (Fsp3) is 0.0870. The fourth-order valence-electron chi connectivity index (χ4n) is 3.25. The number of aromatic nitrogens is 2. The summed E-state index contributed by atoms with van der Waals surface area (Å²) in [6.07, 6.45) is 1.46. The van der Waals surface area contributed by atoms with Crippen LogP contribution in [-0.4, -0.2) is 27.7 Å². The van der Waals surface area contributed by atoms with Gasteiger partial charge in [0.1, 0.15) is 22.9 Å². The molecule has 31 heavy (non-hydrogen) atoms. The van der Waals surface area contributed by atoms with Crippen molar-refractivity contribution in [1.82, 2.24) is 14.9 Å². The molecule has 1 amide bonds. The van der Waals surface area contributed by atoms with Crippen LogP contribution < -0.4 is 15.6 Å². The molecule has 0 aliphatic rings. The number of pyridine rings is 2. The van der Waals surface area contributed by atoms with Crippen molar-refractivity contribution in [3.8, 4) is 17.2 Å². The number of rotatable bonds is 5. The summed E-state index contributed by atoms with van der Waals surface area (Å²) in [6, 6.07) is 15.4. The molecule has 2 aromatic carbocycles. The predicted octanol–water partition coefficient (Wildman–Crippen LogP) is 3.17. The number of ether oxygens (including phenoxy) is 1. The summed E-state index contributed by atoms with van der Waals surface area (Å²) in [5, 5.41) is 13.6. The van der Waals surface area contributed by atoms with E-state index in [2.05, 4.69) is 10.3 Å². The minimum Gasteiger partial charge on any atom is -0.506 e. The fourth-order valence-corrected chi connectivity index (χ4v) is 3.25. The topological polar surface area (TPSA) is 93.4 Å². The maximum absolute atomic E-state index is 13.4. The van der Waals surface area contributed by atoms with Gasteiger partial charge in [0, 0.05) is 12.7 Å². The van der Waals surface area contributed by atoms with Crippen LogP contribution in [0.25, 0.3) is 16.7 Å². The zero-order valence-electron chi connectivity index (χ0n) is 16.5. The zero-order chi connectivity index (χ0) is 22.0. The number of halogens is 1. The van der Waals surface area contributed by atoms with Crippen molar-refractivity contribution >= 4 is 16.9 Å². The Morgan fingerprint density at radius 3 is 2.52 bits per heavy atom. The van der Waals surface area contributed by atoms with Crippen LogP contribution in [0.4, 0.5) is 4.39 Å². The average molecular weight is 419 g/mol. The van der Waals surface area contributed by atoms with Crippen molar-refractivity contribution in [1.29, 1.82) is 0 Å². The Morgan fingerprint density at radius 1 is 1.13 bits per heavy atom. The third kappa shape index (κ3) is 3.83. The van der Waals surface area contributed by atoms with Gasteiger partial charge < -0.3 is 15.2 Å². The summed E-state index contributed by atoms with van der Waals surface area (Å²) in [6.45, 7) is 0.142. The van der Waals surface area contributed by atoms with Gasteiger partial charge in [-0.1, -0.05) is 12.1 Å². The molecule has 2 N–H and O–H groups in total. The standard InChI is InChI=1S/C23H18FN3O4/c1-31-17-10-4-14(5-11-17)13-26-22(29)19-20(28)18-3-2-12-25-21(18)27(23(19)30)16-8-6-15(24)7-9-16/h2-12,28H,13H2,1H3,(H,26,29). The monoisotopic (exact) mass is 419 g/mol. The first-order chi connectivity index (χ1) is 15.0. The van der Waals surface area contributed by atoms with E-state index in [9.17, 15) is 19.1 Å². The molecule has 0 unspecified atom stereocenters. The molecule has 7 nitrogen and oxygen atoms in total. The smallest absolute Gasteiger partial charge is 0.273 e. The molecule has 0 spiro atoms. The molecule has 0 radical (unpaired) electrons. The second-order valence-electron chi connectivity index (χ2n) is 6.75. The lowest BCUT2D eigenvalue weighted by Crippen LogP contribution is -2.33. The Labute approximate surface area is 176 Å². The number of aromatic hydroxyl groups is 1. The molecule has 2 heterocycles. The Balaban J connectivity index is 1.77. The van der Waals surface area contributed by atoms with Gasteiger partial charge in [-0.15, -0.1) is 0 Å². The first-order valence-corrected chi connectivity index (χ1v) is 9.39. The number of hydrogen-bond acceptors (Lipinski definition) is 5. The summed E-state index contributed by atoms with van der Waals surface area (Å²) < 4.78 is 19.7. The van der Waals surface area contributed by atoms with Crippen LogP contribution in [0.1, 0.15) is 15.9 Å². The molecule has 0 saturated carbocycles. The van der Waals surface area contributed by atoms with Gasteiger partial charge in [-0.05, 0) is 54.1 Å². The highest BCUT2D eigenvalue weighted by molar-refractivity contribution is 6.02. The summed E-state index contributed by atoms with van der Waals surface area (Å²) in [5.41, 5.74) is 0.0819. The van der Waals surface area contributed by atoms with Gasteiger partial charge in [0.25, 0.3) is 11.5 Å². The third-order valence-corrected chi connectivity index (χ3v) is 4.83. The van der Waals surface area contributed by atoms with Crippen LogP contribution in [0.3, 0.4) is 0 Å². The SMILES string of the molecule is COc1ccc(CNC(=O)c2c(O)c3cccnc3n(-c3ccc(F)cc3)c2=O)cc1. The van der Waals surface area contributed by atoms with E-state index in [1.54, 1.807) is 43.5 Å². The van der Waals surface area contributed by atoms with Crippen LogP contribution in [0.2, 0.25) is 0 Å². The summed E-state index contributed by atoms with van der Waals surface area (Å²) >= 11 is 0. The second kappa shape index (κ2) is 8.27. The van der Waals surface area contributed by atoms with Crippen molar-refractivity contribution in [3.05, 3.63) is 94.2 Å². The summed E-state index contributed by atoms with van der Waals surface area (Å²) in [4.78, 5) is 30.3. The van der Waals surface area contributed by atoms with Gasteiger partial charge >= 0.3 is 0 Å². The Kier molecular flexibility index (Phi) is 5.36. The molecule has 0 bridgehead atoms. The molecule has 0 saturated heterocycles. The van der Waals surface area contributed by atoms with Crippen LogP contribution in [0.5, 0.6) is 11.5 Å². The molecule has 8 heteroatoms. The lowest BCUT2D eigenvalue weighted by atomic mass is 10.1. The highest BCUT2D eigenvalue weighted by Crippen LogP contribution is 2.26. The Hall–Kier alpha value is -4.20. The summed E-state index contributed by atoms with van der Waals surface area (Å²) in [7, 11) is 1.56. The molecule has 4 aromatic rings. The maximum atomic E-state index is 13.4. The van der Waals surface area contributed by atoms with Gasteiger partial charge in [0.2, 0.25) is 0 Å². The molecule has 0 aliphatic carbocycles. The average Bonchev–Trinajstić information content (AvgIpc) is 2.79. The van der Waals surface area contributed by atoms with E-state index in [4.69, 9.17) is 4.74 Å². The van der Waals surface area contributed by atoms with Crippen LogP contribution >= 0.6 is 0 Å². The van der Waals surface area contributed by atoms with Crippen molar-refractivity contribution in [2.45, 2.75) is 6.54 Å². The van der Waals surface area contributed by atoms with Gasteiger partial charge in [0.15, 0.2) is 5.65 Å². The number of benzene rings is 2. The summed E-state index contributed by atoms with van der Waals surface area (Å²) in [5.74, 6) is -0.985. The number of nitrogens with zero attached hydrogens (tertiary/aromatic N) is 2. The number of hydrogen-bond donors (Lipinski definition) is 2. The van der Waals surface area contributed by atoms with E-state index in [0.717, 1.165) is 5.56 Å². The second-order valence-corrected chi connectivity index (χ2v) is 6.75. The lowest BCUT2D eigenvalue weighted by molar-refractivity contribution is 0.0946. The molecular formula is C23H18FN3O4. The molecule has 4 rings (SSSR count). The molecular weight excluding hydrogens is 401 g/mol. The van der Waals surface area contributed by atoms with Crippen LogP contribution in [0.15, 0.2) is 71.7 Å². The van der Waals surface area contributed by atoms with E-state index in [1.165, 1.54) is 35.0 Å². The number of carbonyl (C=O) groups excluding carboxylic acids is 1.